The number of nitrogens with zero attached hydrogens (tertiary/aromatic N) is 2. The third-order valence-corrected chi connectivity index (χ3v) is 4.01. The Morgan fingerprint density at radius 3 is 1.45 bits per heavy atom. The minimum absolute atomic E-state index is 0. The van der Waals surface area contributed by atoms with Crippen LogP contribution in [0.15, 0.2) is 70.6 Å². The summed E-state index contributed by atoms with van der Waals surface area (Å²) in [6, 6.07) is 16.7. The molecule has 3 aromatic carbocycles. The van der Waals surface area contributed by atoms with Gasteiger partial charge in [-0.25, -0.2) is 0 Å². The predicted octanol–water partition coefficient (Wildman–Crippen LogP) is 3.35. The Labute approximate surface area is 183 Å². The SMILES string of the molecule is COc1ccc(C=Nc2ccccc2N=Cc2ccc(OC)cc2[O-])c([O-])c1.[Pt+2]. The van der Waals surface area contributed by atoms with E-state index in [0.717, 1.165) is 0 Å². The first kappa shape index (κ1) is 22.2. The van der Waals surface area contributed by atoms with Crippen molar-refractivity contribution in [2.45, 2.75) is 0 Å². The van der Waals surface area contributed by atoms with Gasteiger partial charge in [-0.05, 0) is 47.5 Å². The minimum atomic E-state index is -0.182. The van der Waals surface area contributed by atoms with Crippen molar-refractivity contribution in [1.29, 1.82) is 0 Å². The summed E-state index contributed by atoms with van der Waals surface area (Å²) in [7, 11) is 3.01. The van der Waals surface area contributed by atoms with Crippen LogP contribution < -0.4 is 19.7 Å². The molecule has 0 aromatic heterocycles. The Kier molecular flexibility index (Phi) is 7.98. The minimum Gasteiger partial charge on any atom is -0.872 e. The van der Waals surface area contributed by atoms with Gasteiger partial charge in [0.2, 0.25) is 0 Å². The van der Waals surface area contributed by atoms with Gasteiger partial charge in [0, 0.05) is 12.4 Å². The van der Waals surface area contributed by atoms with Crippen LogP contribution in [0.2, 0.25) is 0 Å². The summed E-state index contributed by atoms with van der Waals surface area (Å²) in [4.78, 5) is 8.75. The van der Waals surface area contributed by atoms with Gasteiger partial charge < -0.3 is 19.7 Å². The third-order valence-electron chi connectivity index (χ3n) is 4.01. The van der Waals surface area contributed by atoms with Crippen LogP contribution in [0.1, 0.15) is 11.1 Å². The number of aliphatic imine (C=N–C) groups is 2. The maximum Gasteiger partial charge on any atom is 2.00 e. The molecule has 7 heteroatoms. The second kappa shape index (κ2) is 10.4. The summed E-state index contributed by atoms with van der Waals surface area (Å²) < 4.78 is 10.1. The Bertz CT molecular complexity index is 953. The smallest absolute Gasteiger partial charge is 0.872 e. The molecule has 0 aliphatic rings. The second-order valence-corrected chi connectivity index (χ2v) is 5.81. The average molecular weight is 569 g/mol. The Morgan fingerprint density at radius 2 is 1.10 bits per heavy atom. The van der Waals surface area contributed by atoms with Crippen molar-refractivity contribution < 1.29 is 40.8 Å². The van der Waals surface area contributed by atoms with E-state index >= 15 is 0 Å². The van der Waals surface area contributed by atoms with Crippen LogP contribution in [0, 0.1) is 0 Å². The fraction of sp³-hybridized carbons (Fsp3) is 0.0909. The molecule has 0 N–H and O–H groups in total. The molecule has 0 amide bonds. The first-order chi connectivity index (χ1) is 13.6. The van der Waals surface area contributed by atoms with Crippen molar-refractivity contribution in [2.75, 3.05) is 14.2 Å². The average Bonchev–Trinajstić information content (AvgIpc) is 2.72. The van der Waals surface area contributed by atoms with E-state index in [-0.39, 0.29) is 32.6 Å². The quantitative estimate of drug-likeness (QED) is 0.426. The van der Waals surface area contributed by atoms with E-state index in [4.69, 9.17) is 9.47 Å². The van der Waals surface area contributed by atoms with Gasteiger partial charge in [-0.3, -0.25) is 9.98 Å². The molecule has 3 aromatic rings. The number of para-hydroxylation sites is 2. The zero-order valence-corrected chi connectivity index (χ0v) is 18.0. The van der Waals surface area contributed by atoms with E-state index in [1.807, 2.05) is 12.1 Å². The second-order valence-electron chi connectivity index (χ2n) is 5.81. The van der Waals surface area contributed by atoms with Gasteiger partial charge in [-0.2, -0.15) is 0 Å². The number of methoxy groups -OCH3 is 2. The molecule has 3 rings (SSSR count). The van der Waals surface area contributed by atoms with E-state index in [1.165, 1.54) is 38.8 Å². The predicted molar refractivity (Wildman–Crippen MR) is 106 cm³/mol. The van der Waals surface area contributed by atoms with Crippen molar-refractivity contribution in [3.05, 3.63) is 71.8 Å². The molecule has 0 unspecified atom stereocenters. The fourth-order valence-electron chi connectivity index (χ4n) is 2.46. The number of hydrogen-bond donors (Lipinski definition) is 0. The zero-order valence-electron chi connectivity index (χ0n) is 15.8. The molecular weight excluding hydrogens is 551 g/mol. The Hall–Kier alpha value is -3.11. The van der Waals surface area contributed by atoms with Crippen LogP contribution in [0.3, 0.4) is 0 Å². The van der Waals surface area contributed by atoms with Gasteiger partial charge in [-0.15, -0.1) is 0 Å². The van der Waals surface area contributed by atoms with E-state index in [1.54, 1.807) is 36.4 Å². The molecule has 0 saturated carbocycles. The summed E-state index contributed by atoms with van der Waals surface area (Å²) in [6.07, 6.45) is 2.98. The summed E-state index contributed by atoms with van der Waals surface area (Å²) in [5.74, 6) is 0.636. The number of hydrogen-bond acceptors (Lipinski definition) is 6. The van der Waals surface area contributed by atoms with Gasteiger partial charge >= 0.3 is 21.1 Å². The topological polar surface area (TPSA) is 89.3 Å². The molecule has 0 saturated heterocycles. The van der Waals surface area contributed by atoms with Gasteiger partial charge in [0.05, 0.1) is 25.6 Å². The van der Waals surface area contributed by atoms with Crippen LogP contribution in [0.4, 0.5) is 11.4 Å². The van der Waals surface area contributed by atoms with Gasteiger partial charge in [0.25, 0.3) is 0 Å². The van der Waals surface area contributed by atoms with Crippen LogP contribution in [0.25, 0.3) is 0 Å². The summed E-state index contributed by atoms with van der Waals surface area (Å²) in [5, 5.41) is 24.1. The molecule has 0 atom stereocenters. The number of rotatable bonds is 6. The maximum atomic E-state index is 12.1. The molecule has 0 aliphatic carbocycles. The monoisotopic (exact) mass is 569 g/mol. The Balaban J connectivity index is 0.00000300. The molecule has 6 nitrogen and oxygen atoms in total. The van der Waals surface area contributed by atoms with E-state index in [0.29, 0.717) is 34.0 Å². The molecule has 29 heavy (non-hydrogen) atoms. The van der Waals surface area contributed by atoms with Crippen molar-refractivity contribution in [2.24, 2.45) is 9.98 Å². The Morgan fingerprint density at radius 1 is 0.690 bits per heavy atom. The van der Waals surface area contributed by atoms with E-state index < -0.39 is 0 Å². The van der Waals surface area contributed by atoms with Crippen LogP contribution in [-0.2, 0) is 21.1 Å². The molecule has 0 fully saturated rings. The standard InChI is InChI=1S/C22H20N2O4.Pt/c1-27-17-9-7-15(21(25)11-17)13-23-19-5-3-4-6-20(19)24-14-16-8-10-18(28-2)12-22(16)26;/h3-14,25-26H,1-2H3;/q;+2/p-2. The van der Waals surface area contributed by atoms with Crippen molar-refractivity contribution >= 4 is 23.8 Å². The summed E-state index contributed by atoms with van der Waals surface area (Å²) in [5.41, 5.74) is 2.04. The van der Waals surface area contributed by atoms with Gasteiger partial charge in [0.1, 0.15) is 11.5 Å². The van der Waals surface area contributed by atoms with E-state index in [9.17, 15) is 10.2 Å². The molecule has 0 bridgehead atoms. The molecule has 0 radical (unpaired) electrons. The van der Waals surface area contributed by atoms with Crippen molar-refractivity contribution in [3.8, 4) is 23.0 Å². The first-order valence-electron chi connectivity index (χ1n) is 8.48. The normalized spacial score (nSPS) is 10.8. The maximum absolute atomic E-state index is 12.1. The molecular formula is C22H18N2O4Pt. The molecule has 0 spiro atoms. The molecule has 150 valence electrons. The number of ether oxygens (including phenoxy) is 2. The van der Waals surface area contributed by atoms with Crippen molar-refractivity contribution in [3.63, 3.8) is 0 Å². The van der Waals surface area contributed by atoms with Gasteiger partial charge in [0.15, 0.2) is 0 Å². The van der Waals surface area contributed by atoms with Crippen molar-refractivity contribution in [1.82, 2.24) is 0 Å². The number of benzene rings is 3. The van der Waals surface area contributed by atoms with Crippen LogP contribution in [0.5, 0.6) is 23.0 Å². The summed E-state index contributed by atoms with van der Waals surface area (Å²) >= 11 is 0. The van der Waals surface area contributed by atoms with Crippen LogP contribution in [-0.4, -0.2) is 26.6 Å². The third kappa shape index (κ3) is 5.69. The zero-order chi connectivity index (χ0) is 19.9. The van der Waals surface area contributed by atoms with E-state index in [2.05, 4.69) is 9.98 Å². The van der Waals surface area contributed by atoms with Crippen LogP contribution >= 0.6 is 0 Å². The first-order valence-corrected chi connectivity index (χ1v) is 8.48. The molecule has 0 heterocycles. The molecule has 0 aliphatic heterocycles. The fourth-order valence-corrected chi connectivity index (χ4v) is 2.46. The summed E-state index contributed by atoms with van der Waals surface area (Å²) in [6.45, 7) is 0. The largest absolute Gasteiger partial charge is 2.00 e. The van der Waals surface area contributed by atoms with Gasteiger partial charge in [-0.1, -0.05) is 35.8 Å².